The summed E-state index contributed by atoms with van der Waals surface area (Å²) in [5, 5.41) is 22.3. The maximum Gasteiger partial charge on any atom is 0.390 e. The summed E-state index contributed by atoms with van der Waals surface area (Å²) in [6, 6.07) is 6.65. The van der Waals surface area contributed by atoms with Crippen LogP contribution in [-0.4, -0.2) is 36.9 Å². The van der Waals surface area contributed by atoms with Crippen LogP contribution in [0.15, 0.2) is 30.5 Å². The molecule has 0 atom stereocenters. The minimum Gasteiger partial charge on any atom is -0.471 e. The Morgan fingerprint density at radius 2 is 1.93 bits per heavy atom. The van der Waals surface area contributed by atoms with E-state index < -0.39 is 4.92 Å². The fourth-order valence-corrected chi connectivity index (χ4v) is 2.97. The number of nitrogens with zero attached hydrogens (tertiary/aromatic N) is 5. The molecule has 10 nitrogen and oxygen atoms in total. The van der Waals surface area contributed by atoms with Gasteiger partial charge in [0.1, 0.15) is 11.4 Å². The van der Waals surface area contributed by atoms with Crippen molar-refractivity contribution in [2.45, 2.75) is 34.0 Å². The van der Waals surface area contributed by atoms with Crippen LogP contribution in [0, 0.1) is 30.9 Å². The molecule has 0 radical (unpaired) electrons. The minimum atomic E-state index is -0.552. The zero-order chi connectivity index (χ0) is 21.8. The first-order valence-electron chi connectivity index (χ1n) is 9.14. The number of amides is 1. The number of ether oxygens (including phenoxy) is 1. The molecule has 158 valence electrons. The molecule has 1 N–H and O–H groups in total. The highest BCUT2D eigenvalue weighted by Gasteiger charge is 2.16. The molecule has 3 aromatic rings. The number of carbonyl (C=O) groups excluding carboxylic acids is 1. The Balaban J connectivity index is 1.52. The van der Waals surface area contributed by atoms with Crippen LogP contribution in [0.2, 0.25) is 5.02 Å². The Hall–Kier alpha value is -3.40. The van der Waals surface area contributed by atoms with Crippen LogP contribution in [0.4, 0.5) is 5.82 Å². The van der Waals surface area contributed by atoms with E-state index in [-0.39, 0.29) is 30.7 Å². The van der Waals surface area contributed by atoms with E-state index in [1.165, 1.54) is 15.4 Å². The van der Waals surface area contributed by atoms with E-state index in [1.54, 1.807) is 19.2 Å². The molecule has 0 aliphatic rings. The van der Waals surface area contributed by atoms with Gasteiger partial charge in [-0.1, -0.05) is 11.6 Å². The molecule has 2 aromatic heterocycles. The van der Waals surface area contributed by atoms with Crippen molar-refractivity contribution in [3.8, 4) is 5.75 Å². The van der Waals surface area contributed by atoms with Crippen molar-refractivity contribution >= 4 is 23.3 Å². The van der Waals surface area contributed by atoms with Gasteiger partial charge < -0.3 is 20.2 Å². The number of aryl methyl sites for hydroxylation is 3. The van der Waals surface area contributed by atoms with Crippen molar-refractivity contribution in [2.75, 3.05) is 6.54 Å². The predicted molar refractivity (Wildman–Crippen MR) is 110 cm³/mol. The predicted octanol–water partition coefficient (Wildman–Crippen LogP) is 3.03. The molecular formula is C19H21ClN6O4. The average molecular weight is 433 g/mol. The van der Waals surface area contributed by atoms with Crippen molar-refractivity contribution in [1.29, 1.82) is 0 Å². The lowest BCUT2D eigenvalue weighted by atomic mass is 10.1. The van der Waals surface area contributed by atoms with Gasteiger partial charge in [0.2, 0.25) is 0 Å². The quantitative estimate of drug-likeness (QED) is 0.432. The molecular weight excluding hydrogens is 412 g/mol. The maximum absolute atomic E-state index is 12.3. The molecule has 0 saturated carbocycles. The van der Waals surface area contributed by atoms with Crippen LogP contribution >= 0.6 is 11.6 Å². The van der Waals surface area contributed by atoms with Crippen molar-refractivity contribution in [3.05, 3.63) is 68.1 Å². The lowest BCUT2D eigenvalue weighted by Crippen LogP contribution is -2.28. The molecule has 11 heteroatoms. The highest BCUT2D eigenvalue weighted by atomic mass is 35.5. The summed E-state index contributed by atoms with van der Waals surface area (Å²) >= 11 is 6.16. The Morgan fingerprint density at radius 1 is 1.23 bits per heavy atom. The average Bonchev–Trinajstić information content (AvgIpc) is 3.31. The highest BCUT2D eigenvalue weighted by Crippen LogP contribution is 2.26. The summed E-state index contributed by atoms with van der Waals surface area (Å²) in [5.74, 6) is 0.0921. The third kappa shape index (κ3) is 4.95. The van der Waals surface area contributed by atoms with Crippen LogP contribution in [0.5, 0.6) is 5.75 Å². The summed E-state index contributed by atoms with van der Waals surface area (Å²) < 4.78 is 8.70. The highest BCUT2D eigenvalue weighted by molar-refractivity contribution is 6.32. The number of halogens is 1. The van der Waals surface area contributed by atoms with Gasteiger partial charge in [0.15, 0.2) is 6.73 Å². The van der Waals surface area contributed by atoms with Crippen molar-refractivity contribution in [1.82, 2.24) is 24.9 Å². The molecule has 0 unspecified atom stereocenters. The first-order valence-corrected chi connectivity index (χ1v) is 9.52. The van der Waals surface area contributed by atoms with Gasteiger partial charge in [-0.15, -0.1) is 0 Å². The molecule has 1 amide bonds. The summed E-state index contributed by atoms with van der Waals surface area (Å²) in [7, 11) is 0. The van der Waals surface area contributed by atoms with Crippen molar-refractivity contribution < 1.29 is 14.5 Å². The molecule has 2 heterocycles. The second kappa shape index (κ2) is 8.95. The summed E-state index contributed by atoms with van der Waals surface area (Å²) in [6.45, 7) is 6.23. The van der Waals surface area contributed by atoms with E-state index >= 15 is 0 Å². The van der Waals surface area contributed by atoms with Gasteiger partial charge in [-0.25, -0.2) is 4.68 Å². The number of nitro groups is 1. The second-order valence-corrected chi connectivity index (χ2v) is 7.14. The minimum absolute atomic E-state index is 0.143. The third-order valence-corrected chi connectivity index (χ3v) is 5.01. The number of aromatic nitrogens is 4. The Morgan fingerprint density at radius 3 is 2.57 bits per heavy atom. The molecule has 1 aromatic carbocycles. The van der Waals surface area contributed by atoms with Crippen LogP contribution in [0.25, 0.3) is 0 Å². The van der Waals surface area contributed by atoms with Crippen LogP contribution < -0.4 is 10.1 Å². The molecule has 0 bridgehead atoms. The molecule has 0 fully saturated rings. The fourth-order valence-electron chi connectivity index (χ4n) is 2.86. The zero-order valence-corrected chi connectivity index (χ0v) is 17.5. The van der Waals surface area contributed by atoms with E-state index in [2.05, 4.69) is 15.5 Å². The standard InChI is InChI=1S/C19H21ClN6O4/c1-12-8-15(9-13(2)18(12)20)30-11-24-6-4-16(22-24)19(27)21-5-7-25-14(3)10-17(23-25)26(28)29/h4,6,8-10H,5,7,11H2,1-3H3,(H,21,27). The zero-order valence-electron chi connectivity index (χ0n) is 16.8. The molecule has 3 rings (SSSR count). The number of carbonyl (C=O) groups is 1. The Kier molecular flexibility index (Phi) is 6.36. The normalized spacial score (nSPS) is 10.8. The fraction of sp³-hybridized carbons (Fsp3) is 0.316. The van der Waals surface area contributed by atoms with Gasteiger partial charge in [-0.05, 0) is 55.0 Å². The smallest absolute Gasteiger partial charge is 0.390 e. The number of hydrogen-bond acceptors (Lipinski definition) is 6. The van der Waals surface area contributed by atoms with Crippen LogP contribution in [0.3, 0.4) is 0 Å². The monoisotopic (exact) mass is 432 g/mol. The van der Waals surface area contributed by atoms with E-state index in [1.807, 2.05) is 26.0 Å². The van der Waals surface area contributed by atoms with Crippen LogP contribution in [-0.2, 0) is 13.3 Å². The number of hydrogen-bond donors (Lipinski definition) is 1. The second-order valence-electron chi connectivity index (χ2n) is 6.77. The number of rotatable bonds is 8. The number of benzene rings is 1. The van der Waals surface area contributed by atoms with E-state index in [0.717, 1.165) is 11.1 Å². The first-order chi connectivity index (χ1) is 14.2. The third-order valence-electron chi connectivity index (χ3n) is 4.41. The molecule has 0 saturated heterocycles. The maximum atomic E-state index is 12.3. The molecule has 30 heavy (non-hydrogen) atoms. The van der Waals surface area contributed by atoms with E-state index in [4.69, 9.17) is 16.3 Å². The van der Waals surface area contributed by atoms with Gasteiger partial charge >= 0.3 is 5.82 Å². The largest absolute Gasteiger partial charge is 0.471 e. The first kappa shape index (κ1) is 21.3. The van der Waals surface area contributed by atoms with Gasteiger partial charge in [0.25, 0.3) is 5.91 Å². The SMILES string of the molecule is Cc1cc(OCn2ccc(C(=O)NCCn3nc([N+](=O)[O-])cc3C)n2)cc(C)c1Cl. The van der Waals surface area contributed by atoms with Crippen molar-refractivity contribution in [2.24, 2.45) is 0 Å². The number of nitrogens with one attached hydrogen (secondary N) is 1. The van der Waals surface area contributed by atoms with Gasteiger partial charge in [-0.2, -0.15) is 9.78 Å². The summed E-state index contributed by atoms with van der Waals surface area (Å²) in [5.41, 5.74) is 2.73. The molecule has 0 aliphatic heterocycles. The lowest BCUT2D eigenvalue weighted by molar-refractivity contribution is -0.389. The Bertz CT molecular complexity index is 1070. The van der Waals surface area contributed by atoms with Gasteiger partial charge in [-0.3, -0.25) is 4.79 Å². The summed E-state index contributed by atoms with van der Waals surface area (Å²) in [6.07, 6.45) is 1.64. The van der Waals surface area contributed by atoms with Gasteiger partial charge in [0.05, 0.1) is 23.4 Å². The Labute approximate surface area is 177 Å². The summed E-state index contributed by atoms with van der Waals surface area (Å²) in [4.78, 5) is 22.5. The molecule has 0 aliphatic carbocycles. The van der Waals surface area contributed by atoms with Crippen LogP contribution in [0.1, 0.15) is 27.3 Å². The molecule has 0 spiro atoms. The van der Waals surface area contributed by atoms with E-state index in [0.29, 0.717) is 23.0 Å². The van der Waals surface area contributed by atoms with Gasteiger partial charge in [0, 0.05) is 17.8 Å². The van der Waals surface area contributed by atoms with E-state index in [9.17, 15) is 14.9 Å². The van der Waals surface area contributed by atoms with Crippen molar-refractivity contribution in [3.63, 3.8) is 0 Å². The topological polar surface area (TPSA) is 117 Å². The lowest BCUT2D eigenvalue weighted by Gasteiger charge is -2.10.